The Morgan fingerprint density at radius 3 is 2.19 bits per heavy atom. The van der Waals surface area contributed by atoms with Gasteiger partial charge in [0.25, 0.3) is 0 Å². The summed E-state index contributed by atoms with van der Waals surface area (Å²) < 4.78 is 90.7. The van der Waals surface area contributed by atoms with Gasteiger partial charge in [0.2, 0.25) is 0 Å². The number of aryl methyl sites for hydroxylation is 3. The van der Waals surface area contributed by atoms with Crippen molar-refractivity contribution in [3.8, 4) is 11.5 Å². The first-order chi connectivity index (χ1) is 21.6. The molecule has 254 valence electrons. The number of rotatable bonds is 6. The molecule has 0 atom stereocenters. The first-order valence-electron chi connectivity index (χ1n) is 13.8. The number of alkyl halides is 6. The molecule has 14 heteroatoms. The fourth-order valence-electron chi connectivity index (χ4n) is 4.23. The van der Waals surface area contributed by atoms with Crippen molar-refractivity contribution in [2.75, 3.05) is 6.61 Å². The Hall–Kier alpha value is -3.10. The van der Waals surface area contributed by atoms with Crippen LogP contribution >= 0.6 is 45.8 Å². The maximum Gasteiger partial charge on any atom is 0.573 e. The Bertz CT molecular complexity index is 1790. The van der Waals surface area contributed by atoms with Crippen LogP contribution in [0.3, 0.4) is 0 Å². The number of esters is 1. The summed E-state index contributed by atoms with van der Waals surface area (Å²) in [5.41, 5.74) is 1.99. The number of halogens is 9. The number of ether oxygens (including phenoxy) is 3. The predicted molar refractivity (Wildman–Crippen MR) is 180 cm³/mol. The maximum atomic E-state index is 13.0. The molecule has 0 amide bonds. The summed E-state index contributed by atoms with van der Waals surface area (Å²) in [7, 11) is 0. The zero-order valence-corrected chi connectivity index (χ0v) is 29.6. The van der Waals surface area contributed by atoms with E-state index in [-0.39, 0.29) is 28.7 Å². The van der Waals surface area contributed by atoms with Gasteiger partial charge in [0.1, 0.15) is 23.7 Å². The highest BCUT2D eigenvalue weighted by atomic mass is 127. The summed E-state index contributed by atoms with van der Waals surface area (Å²) in [5.74, 6) is -0.647. The minimum Gasteiger partial charge on any atom is -0.488 e. The largest absolute Gasteiger partial charge is 0.573 e. The first kappa shape index (κ1) is 38.3. The minimum absolute atomic E-state index is 0.0277. The van der Waals surface area contributed by atoms with Crippen molar-refractivity contribution in [1.29, 1.82) is 0 Å². The standard InChI is InChI=1S/C22H20Cl2F3IO3.C11H10F3NO/c1-12-10-13(22(25,26)27)11-17(19(12)28)30-9-5-6-14-16(23)8-7-15(18(14)24)20(29)31-21(2,3)4;1-6-3-8(16-11(12,13)14)4-9-7(2)5-15-10(6)9/h5-8,10-11H,9H2,1-4H3;3-5,15H,1-2H3. The number of benzene rings is 3. The minimum atomic E-state index is -4.65. The van der Waals surface area contributed by atoms with Crippen molar-refractivity contribution < 1.29 is 45.3 Å². The maximum absolute atomic E-state index is 13.0. The van der Waals surface area contributed by atoms with Crippen molar-refractivity contribution in [2.45, 2.75) is 59.7 Å². The van der Waals surface area contributed by atoms with Gasteiger partial charge in [0.05, 0.1) is 19.7 Å². The normalized spacial score (nSPS) is 12.2. The van der Waals surface area contributed by atoms with Crippen molar-refractivity contribution in [2.24, 2.45) is 0 Å². The molecule has 0 saturated heterocycles. The lowest BCUT2D eigenvalue weighted by molar-refractivity contribution is -0.274. The van der Waals surface area contributed by atoms with Crippen LogP contribution < -0.4 is 9.47 Å². The number of carbonyl (C=O) groups excluding carboxylic acids is 1. The van der Waals surface area contributed by atoms with Gasteiger partial charge in [-0.2, -0.15) is 13.2 Å². The van der Waals surface area contributed by atoms with E-state index in [1.807, 2.05) is 29.5 Å². The van der Waals surface area contributed by atoms with Gasteiger partial charge < -0.3 is 19.2 Å². The van der Waals surface area contributed by atoms with E-state index >= 15 is 0 Å². The van der Waals surface area contributed by atoms with Gasteiger partial charge in [-0.15, -0.1) is 13.2 Å². The lowest BCUT2D eigenvalue weighted by Gasteiger charge is -2.20. The first-order valence-corrected chi connectivity index (χ1v) is 15.6. The molecule has 1 aromatic heterocycles. The smallest absolute Gasteiger partial charge is 0.488 e. The monoisotopic (exact) mass is 815 g/mol. The molecule has 47 heavy (non-hydrogen) atoms. The van der Waals surface area contributed by atoms with Crippen molar-refractivity contribution in [1.82, 2.24) is 4.98 Å². The van der Waals surface area contributed by atoms with E-state index in [1.54, 1.807) is 53.0 Å². The van der Waals surface area contributed by atoms with Crippen LogP contribution in [-0.2, 0) is 10.9 Å². The van der Waals surface area contributed by atoms with Gasteiger partial charge in [0.15, 0.2) is 0 Å². The topological polar surface area (TPSA) is 60.5 Å². The third kappa shape index (κ3) is 10.7. The number of hydrogen-bond donors (Lipinski definition) is 1. The molecule has 0 aliphatic rings. The van der Waals surface area contributed by atoms with E-state index in [0.29, 0.717) is 19.7 Å². The van der Waals surface area contributed by atoms with E-state index in [1.165, 1.54) is 24.3 Å². The Morgan fingerprint density at radius 1 is 0.936 bits per heavy atom. The van der Waals surface area contributed by atoms with Crippen LogP contribution in [0.1, 0.15) is 58.9 Å². The summed E-state index contributed by atoms with van der Waals surface area (Å²) in [5, 5.41) is 1.17. The highest BCUT2D eigenvalue weighted by molar-refractivity contribution is 14.1. The van der Waals surface area contributed by atoms with Crippen molar-refractivity contribution in [3.05, 3.63) is 95.7 Å². The SMILES string of the molecule is Cc1c[nH]c2c(C)cc(OC(F)(F)F)cc12.Cc1cc(C(F)(F)F)cc(OCC=Cc2c(Cl)ccc(C(=O)OC(C)(C)C)c2Cl)c1I. The van der Waals surface area contributed by atoms with E-state index < -0.39 is 29.7 Å². The van der Waals surface area contributed by atoms with E-state index in [4.69, 9.17) is 32.7 Å². The summed E-state index contributed by atoms with van der Waals surface area (Å²) >= 11 is 14.5. The van der Waals surface area contributed by atoms with Gasteiger partial charge in [0, 0.05) is 27.7 Å². The second-order valence-electron chi connectivity index (χ2n) is 11.3. The van der Waals surface area contributed by atoms with E-state index in [0.717, 1.165) is 34.2 Å². The average Bonchev–Trinajstić information content (AvgIpc) is 3.29. The molecule has 0 radical (unpaired) electrons. The number of aromatic amines is 1. The molecule has 1 heterocycles. The van der Waals surface area contributed by atoms with E-state index in [9.17, 15) is 31.1 Å². The Balaban J connectivity index is 0.000000312. The second kappa shape index (κ2) is 15.0. The van der Waals surface area contributed by atoms with Crippen LogP contribution in [0.5, 0.6) is 11.5 Å². The Morgan fingerprint density at radius 2 is 1.60 bits per heavy atom. The predicted octanol–water partition coefficient (Wildman–Crippen LogP) is 11.7. The molecular formula is C33H30Cl2F6INO4. The molecule has 5 nitrogen and oxygen atoms in total. The fourth-order valence-corrected chi connectivity index (χ4v) is 5.27. The number of carbonyl (C=O) groups is 1. The second-order valence-corrected chi connectivity index (χ2v) is 13.2. The lowest BCUT2D eigenvalue weighted by atomic mass is 10.1. The number of aromatic nitrogens is 1. The summed E-state index contributed by atoms with van der Waals surface area (Å²) in [6.07, 6.45) is -4.25. The summed E-state index contributed by atoms with van der Waals surface area (Å²) in [4.78, 5) is 15.4. The number of hydrogen-bond acceptors (Lipinski definition) is 4. The van der Waals surface area contributed by atoms with Crippen LogP contribution in [-0.4, -0.2) is 29.5 Å². The molecule has 0 fully saturated rings. The van der Waals surface area contributed by atoms with Gasteiger partial charge in [-0.3, -0.25) is 0 Å². The molecule has 3 aromatic carbocycles. The molecule has 1 N–H and O–H groups in total. The van der Waals surface area contributed by atoms with Crippen LogP contribution in [0.25, 0.3) is 17.0 Å². The number of fused-ring (bicyclic) bond motifs is 1. The van der Waals surface area contributed by atoms with Crippen LogP contribution in [0.4, 0.5) is 26.3 Å². The van der Waals surface area contributed by atoms with Crippen molar-refractivity contribution in [3.63, 3.8) is 0 Å². The average molecular weight is 816 g/mol. The van der Waals surface area contributed by atoms with Crippen molar-refractivity contribution >= 4 is 68.7 Å². The third-order valence-corrected chi connectivity index (χ3v) is 8.43. The van der Waals surface area contributed by atoms with Crippen LogP contribution in [0.2, 0.25) is 10.0 Å². The molecule has 0 aliphatic heterocycles. The number of H-pyrrole nitrogens is 1. The molecule has 0 saturated carbocycles. The molecule has 0 spiro atoms. The molecule has 0 bridgehead atoms. The van der Waals surface area contributed by atoms with E-state index in [2.05, 4.69) is 9.72 Å². The quantitative estimate of drug-likeness (QED) is 0.120. The van der Waals surface area contributed by atoms with Gasteiger partial charge >= 0.3 is 18.5 Å². The van der Waals surface area contributed by atoms with Gasteiger partial charge in [-0.25, -0.2) is 4.79 Å². The summed E-state index contributed by atoms with van der Waals surface area (Å²) in [6, 6.07) is 7.79. The number of nitrogens with one attached hydrogen (secondary N) is 1. The zero-order valence-electron chi connectivity index (χ0n) is 25.9. The molecular weight excluding hydrogens is 786 g/mol. The summed E-state index contributed by atoms with van der Waals surface area (Å²) in [6.45, 7) is 10.3. The molecule has 0 unspecified atom stereocenters. The third-order valence-electron chi connectivity index (χ3n) is 6.31. The lowest BCUT2D eigenvalue weighted by Crippen LogP contribution is -2.24. The zero-order chi connectivity index (χ0) is 35.5. The van der Waals surface area contributed by atoms with Crippen LogP contribution in [0, 0.1) is 24.3 Å². The molecule has 4 aromatic rings. The fraction of sp³-hybridized carbons (Fsp3) is 0.303. The Labute approximate surface area is 291 Å². The molecule has 0 aliphatic carbocycles. The molecule has 4 rings (SSSR count). The van der Waals surface area contributed by atoms with Gasteiger partial charge in [-0.05, 0) is 123 Å². The highest BCUT2D eigenvalue weighted by Crippen LogP contribution is 2.36. The van der Waals surface area contributed by atoms with Crippen LogP contribution in [0.15, 0.2) is 48.7 Å². The highest BCUT2D eigenvalue weighted by Gasteiger charge is 2.32. The van der Waals surface area contributed by atoms with Gasteiger partial charge in [-0.1, -0.05) is 29.3 Å². The Kier molecular flexibility index (Phi) is 12.2.